The van der Waals surface area contributed by atoms with Crippen molar-refractivity contribution in [1.82, 2.24) is 10.2 Å². The molecule has 1 N–H and O–H groups in total. The third-order valence-corrected chi connectivity index (χ3v) is 9.64. The van der Waals surface area contributed by atoms with Crippen molar-refractivity contribution in [1.29, 1.82) is 0 Å². The van der Waals surface area contributed by atoms with Crippen LogP contribution in [0.5, 0.6) is 0 Å². The zero-order valence-electron chi connectivity index (χ0n) is 24.6. The summed E-state index contributed by atoms with van der Waals surface area (Å²) in [5.74, 6) is -0.874. The number of carbonyl (C=O) groups is 2. The Kier molecular flexibility index (Phi) is 11.4. The van der Waals surface area contributed by atoms with Gasteiger partial charge in [-0.2, -0.15) is 0 Å². The predicted octanol–water partition coefficient (Wildman–Crippen LogP) is 6.66. The molecule has 0 spiro atoms. The van der Waals surface area contributed by atoms with E-state index in [9.17, 15) is 18.0 Å². The zero-order valence-corrected chi connectivity index (χ0v) is 26.9. The maximum absolute atomic E-state index is 14.5. The van der Waals surface area contributed by atoms with Crippen molar-refractivity contribution in [2.24, 2.45) is 0 Å². The molecule has 0 saturated carbocycles. The predicted molar refractivity (Wildman–Crippen MR) is 176 cm³/mol. The highest BCUT2D eigenvalue weighted by molar-refractivity contribution is 7.92. The molecule has 0 fully saturated rings. The molecular formula is C34H35Cl2N3O4S. The molecule has 230 valence electrons. The average molecular weight is 653 g/mol. The van der Waals surface area contributed by atoms with Crippen molar-refractivity contribution in [3.63, 3.8) is 0 Å². The van der Waals surface area contributed by atoms with Crippen molar-refractivity contribution in [3.8, 4) is 0 Å². The first-order valence-corrected chi connectivity index (χ1v) is 16.5. The van der Waals surface area contributed by atoms with Gasteiger partial charge in [-0.05, 0) is 66.4 Å². The van der Waals surface area contributed by atoms with E-state index in [1.54, 1.807) is 67.6 Å². The maximum Gasteiger partial charge on any atom is 0.264 e. The van der Waals surface area contributed by atoms with E-state index in [1.165, 1.54) is 17.0 Å². The minimum absolute atomic E-state index is 0.0259. The molecule has 1 unspecified atom stereocenters. The molecule has 4 rings (SSSR count). The first-order valence-electron chi connectivity index (χ1n) is 14.3. The van der Waals surface area contributed by atoms with Gasteiger partial charge in [0, 0.05) is 29.6 Å². The molecule has 0 bridgehead atoms. The molecule has 0 aliphatic rings. The maximum atomic E-state index is 14.5. The zero-order chi connectivity index (χ0) is 31.7. The molecule has 1 atom stereocenters. The monoisotopic (exact) mass is 651 g/mol. The fourth-order valence-electron chi connectivity index (χ4n) is 4.81. The van der Waals surface area contributed by atoms with E-state index in [0.29, 0.717) is 28.6 Å². The molecule has 4 aromatic carbocycles. The van der Waals surface area contributed by atoms with Gasteiger partial charge in [-0.1, -0.05) is 96.9 Å². The van der Waals surface area contributed by atoms with Crippen LogP contribution in [0, 0.1) is 6.92 Å². The fourth-order valence-corrected chi connectivity index (χ4v) is 6.59. The lowest BCUT2D eigenvalue weighted by atomic mass is 10.0. The molecule has 10 heteroatoms. The van der Waals surface area contributed by atoms with E-state index in [4.69, 9.17) is 23.2 Å². The van der Waals surface area contributed by atoms with Crippen LogP contribution < -0.4 is 9.62 Å². The summed E-state index contributed by atoms with van der Waals surface area (Å²) < 4.78 is 29.3. The Morgan fingerprint density at radius 2 is 1.45 bits per heavy atom. The first-order chi connectivity index (χ1) is 21.1. The summed E-state index contributed by atoms with van der Waals surface area (Å²) in [4.78, 5) is 29.6. The van der Waals surface area contributed by atoms with Gasteiger partial charge in [0.15, 0.2) is 0 Å². The molecular weight excluding hydrogens is 617 g/mol. The third-order valence-electron chi connectivity index (χ3n) is 7.20. The minimum atomic E-state index is -4.21. The lowest BCUT2D eigenvalue weighted by molar-refractivity contribution is -0.140. The van der Waals surface area contributed by atoms with Gasteiger partial charge in [-0.15, -0.1) is 0 Å². The summed E-state index contributed by atoms with van der Waals surface area (Å²) in [5, 5.41) is 3.83. The highest BCUT2D eigenvalue weighted by Crippen LogP contribution is 2.31. The van der Waals surface area contributed by atoms with Gasteiger partial charge in [0.25, 0.3) is 10.0 Å². The van der Waals surface area contributed by atoms with Crippen LogP contribution in [-0.4, -0.2) is 44.3 Å². The number of rotatable bonds is 13. The highest BCUT2D eigenvalue weighted by atomic mass is 35.5. The second kappa shape index (κ2) is 15.2. The second-order valence-electron chi connectivity index (χ2n) is 10.4. The summed E-state index contributed by atoms with van der Waals surface area (Å²) >= 11 is 12.6. The van der Waals surface area contributed by atoms with Crippen LogP contribution in [0.15, 0.2) is 108 Å². The molecule has 0 aliphatic carbocycles. The molecule has 0 heterocycles. The molecule has 44 heavy (non-hydrogen) atoms. The van der Waals surface area contributed by atoms with Gasteiger partial charge in [0.2, 0.25) is 11.8 Å². The smallest absolute Gasteiger partial charge is 0.264 e. The number of nitrogens with one attached hydrogen (secondary N) is 1. The van der Waals surface area contributed by atoms with E-state index in [-0.39, 0.29) is 29.5 Å². The topological polar surface area (TPSA) is 86.8 Å². The molecule has 4 aromatic rings. The van der Waals surface area contributed by atoms with E-state index >= 15 is 0 Å². The average Bonchev–Trinajstić information content (AvgIpc) is 3.03. The molecule has 2 amide bonds. The van der Waals surface area contributed by atoms with E-state index in [2.05, 4.69) is 5.32 Å². The standard InChI is InChI=1S/C34H35Cl2N3O4S/c1-3-21-37-34(41)32(22-26-11-6-4-7-12-26)38(23-27-17-19-28(35)20-18-27)33(40)24-39(31-16-10-15-30(36)25(31)2)44(42,43)29-13-8-5-9-14-29/h4-20,32H,3,21-24H2,1-2H3,(H,37,41). The van der Waals surface area contributed by atoms with Crippen LogP contribution >= 0.6 is 23.2 Å². The Labute approximate surface area is 269 Å². The number of hydrogen-bond donors (Lipinski definition) is 1. The van der Waals surface area contributed by atoms with Gasteiger partial charge >= 0.3 is 0 Å². The van der Waals surface area contributed by atoms with Gasteiger partial charge < -0.3 is 10.2 Å². The van der Waals surface area contributed by atoms with E-state index in [0.717, 1.165) is 15.4 Å². The quantitative estimate of drug-likeness (QED) is 0.175. The van der Waals surface area contributed by atoms with E-state index in [1.807, 2.05) is 37.3 Å². The van der Waals surface area contributed by atoms with Crippen LogP contribution in [0.3, 0.4) is 0 Å². The van der Waals surface area contributed by atoms with Crippen LogP contribution in [0.4, 0.5) is 5.69 Å². The van der Waals surface area contributed by atoms with Gasteiger partial charge in [-0.25, -0.2) is 8.42 Å². The molecule has 0 radical (unpaired) electrons. The summed E-state index contributed by atoms with van der Waals surface area (Å²) in [7, 11) is -4.21. The molecule has 0 aromatic heterocycles. The normalized spacial score (nSPS) is 11.9. The Hall–Kier alpha value is -3.85. The van der Waals surface area contributed by atoms with E-state index < -0.39 is 28.5 Å². The molecule has 0 saturated heterocycles. The van der Waals surface area contributed by atoms with Crippen molar-refractivity contribution in [2.45, 2.75) is 44.2 Å². The van der Waals surface area contributed by atoms with Crippen LogP contribution in [0.1, 0.15) is 30.0 Å². The largest absolute Gasteiger partial charge is 0.354 e. The first kappa shape index (κ1) is 33.1. The molecule has 0 aliphatic heterocycles. The fraction of sp³-hybridized carbons (Fsp3) is 0.235. The third kappa shape index (κ3) is 8.20. The summed E-state index contributed by atoms with van der Waals surface area (Å²) in [6, 6.07) is 28.3. The summed E-state index contributed by atoms with van der Waals surface area (Å²) in [6.07, 6.45) is 0.948. The van der Waals surface area contributed by atoms with Crippen LogP contribution in [0.2, 0.25) is 10.0 Å². The van der Waals surface area contributed by atoms with Gasteiger partial charge in [0.05, 0.1) is 10.6 Å². The Balaban J connectivity index is 1.81. The van der Waals surface area contributed by atoms with Crippen LogP contribution in [0.25, 0.3) is 0 Å². The lowest BCUT2D eigenvalue weighted by Crippen LogP contribution is -2.53. The number of hydrogen-bond acceptors (Lipinski definition) is 4. The Bertz CT molecular complexity index is 1670. The second-order valence-corrected chi connectivity index (χ2v) is 13.1. The lowest BCUT2D eigenvalue weighted by Gasteiger charge is -2.34. The van der Waals surface area contributed by atoms with Crippen molar-refractivity contribution in [3.05, 3.63) is 130 Å². The van der Waals surface area contributed by atoms with Gasteiger partial charge in [0.1, 0.15) is 12.6 Å². The molecule has 7 nitrogen and oxygen atoms in total. The number of carbonyl (C=O) groups excluding carboxylic acids is 2. The number of anilines is 1. The number of sulfonamides is 1. The van der Waals surface area contributed by atoms with Crippen molar-refractivity contribution in [2.75, 3.05) is 17.4 Å². The highest BCUT2D eigenvalue weighted by Gasteiger charge is 2.35. The number of halogens is 2. The Morgan fingerprint density at radius 3 is 2.09 bits per heavy atom. The number of amides is 2. The SMILES string of the molecule is CCCNC(=O)C(Cc1ccccc1)N(Cc1ccc(Cl)cc1)C(=O)CN(c1cccc(Cl)c1C)S(=O)(=O)c1ccccc1. The Morgan fingerprint density at radius 1 is 0.818 bits per heavy atom. The summed E-state index contributed by atoms with van der Waals surface area (Å²) in [6.45, 7) is 3.59. The van der Waals surface area contributed by atoms with Crippen molar-refractivity contribution < 1.29 is 18.0 Å². The van der Waals surface area contributed by atoms with Gasteiger partial charge in [-0.3, -0.25) is 13.9 Å². The summed E-state index contributed by atoms with van der Waals surface area (Å²) in [5.41, 5.74) is 2.38. The minimum Gasteiger partial charge on any atom is -0.354 e. The number of benzene rings is 4. The van der Waals surface area contributed by atoms with Crippen molar-refractivity contribution >= 4 is 50.7 Å². The number of nitrogens with zero attached hydrogens (tertiary/aromatic N) is 2. The van der Waals surface area contributed by atoms with Crippen LogP contribution in [-0.2, 0) is 32.6 Å².